The maximum Gasteiger partial charge on any atom is 0.126 e. The Kier molecular flexibility index (Phi) is 4.04. The number of hydrogen-bond acceptors (Lipinski definition) is 5. The van der Waals surface area contributed by atoms with Crippen LogP contribution in [0.4, 0.5) is 5.82 Å². The van der Waals surface area contributed by atoms with Gasteiger partial charge in [0.05, 0.1) is 24.9 Å². The number of nitrogens with zero attached hydrogens (tertiary/aromatic N) is 4. The number of rotatable bonds is 6. The van der Waals surface area contributed by atoms with E-state index in [0.717, 1.165) is 42.7 Å². The molecule has 6 rings (SSSR count). The average molecular weight is 394 g/mol. The minimum absolute atomic E-state index is 0.417. The zero-order valence-corrected chi connectivity index (χ0v) is 17.4. The molecule has 2 aromatic rings. The Morgan fingerprint density at radius 1 is 1.21 bits per heavy atom. The van der Waals surface area contributed by atoms with Crippen LogP contribution < -0.4 is 5.73 Å². The summed E-state index contributed by atoms with van der Waals surface area (Å²) in [6.07, 6.45) is 5.46. The number of anilines is 1. The fourth-order valence-electron chi connectivity index (χ4n) is 5.41. The number of piperidine rings is 1. The molecule has 6 nitrogen and oxygen atoms in total. The van der Waals surface area contributed by atoms with Crippen molar-refractivity contribution in [2.24, 2.45) is 11.8 Å². The van der Waals surface area contributed by atoms with Crippen molar-refractivity contribution in [2.45, 2.75) is 57.0 Å². The number of likely N-dealkylation sites (tertiary alicyclic amines) is 1. The fraction of sp³-hybridized carbons (Fsp3) is 0.652. The normalized spacial score (nSPS) is 30.2. The number of fused-ring (bicyclic) bond motifs is 1. The monoisotopic (exact) mass is 393 g/mol. The third kappa shape index (κ3) is 2.91. The summed E-state index contributed by atoms with van der Waals surface area (Å²) in [5.74, 6) is 3.52. The highest BCUT2D eigenvalue weighted by molar-refractivity contribution is 5.63. The average Bonchev–Trinajstić information content (AvgIpc) is 3.55. The van der Waals surface area contributed by atoms with E-state index in [-0.39, 0.29) is 0 Å². The molecule has 4 aliphatic rings. The van der Waals surface area contributed by atoms with Gasteiger partial charge in [0.1, 0.15) is 5.82 Å². The molecule has 0 bridgehead atoms. The molecule has 0 aromatic carbocycles. The second-order valence-corrected chi connectivity index (χ2v) is 9.63. The molecule has 2 aromatic heterocycles. The second-order valence-electron chi connectivity index (χ2n) is 9.63. The van der Waals surface area contributed by atoms with Gasteiger partial charge in [0.25, 0.3) is 0 Å². The summed E-state index contributed by atoms with van der Waals surface area (Å²) in [7, 11) is 0. The molecule has 0 amide bonds. The zero-order valence-electron chi connectivity index (χ0n) is 17.4. The maximum atomic E-state index is 6.14. The molecule has 154 valence electrons. The summed E-state index contributed by atoms with van der Waals surface area (Å²) < 4.78 is 7.70. The van der Waals surface area contributed by atoms with Gasteiger partial charge in [-0.3, -0.25) is 9.58 Å². The lowest BCUT2D eigenvalue weighted by atomic mass is 10.1. The molecule has 2 N–H and O–H groups in total. The minimum Gasteiger partial charge on any atom is -0.383 e. The Balaban J connectivity index is 1.29. The molecule has 1 unspecified atom stereocenters. The van der Waals surface area contributed by atoms with E-state index < -0.39 is 0 Å². The van der Waals surface area contributed by atoms with Crippen LogP contribution >= 0.6 is 0 Å². The number of nitrogen functional groups attached to an aromatic ring is 1. The Bertz CT molecular complexity index is 919. The molecular formula is C23H31N5O. The van der Waals surface area contributed by atoms with Gasteiger partial charge in [0, 0.05) is 42.5 Å². The van der Waals surface area contributed by atoms with Gasteiger partial charge >= 0.3 is 0 Å². The molecule has 2 saturated carbocycles. The lowest BCUT2D eigenvalue weighted by molar-refractivity contribution is -0.0610. The first kappa shape index (κ1) is 17.9. The maximum absolute atomic E-state index is 6.14. The van der Waals surface area contributed by atoms with Crippen LogP contribution in [0.1, 0.15) is 62.2 Å². The summed E-state index contributed by atoms with van der Waals surface area (Å²) in [5, 5.41) is 5.07. The highest BCUT2D eigenvalue weighted by atomic mass is 16.5. The summed E-state index contributed by atoms with van der Waals surface area (Å²) in [5.41, 5.74) is 11.0. The quantitative estimate of drug-likeness (QED) is 0.814. The van der Waals surface area contributed by atoms with Gasteiger partial charge in [-0.05, 0) is 61.6 Å². The van der Waals surface area contributed by atoms with E-state index >= 15 is 0 Å². The Labute approximate surface area is 172 Å². The van der Waals surface area contributed by atoms with Gasteiger partial charge in [-0.15, -0.1) is 0 Å². The predicted octanol–water partition coefficient (Wildman–Crippen LogP) is 3.42. The van der Waals surface area contributed by atoms with Gasteiger partial charge in [-0.1, -0.05) is 6.92 Å². The van der Waals surface area contributed by atoms with E-state index in [2.05, 4.69) is 40.5 Å². The molecule has 2 saturated heterocycles. The lowest BCUT2D eigenvalue weighted by Gasteiger charge is -2.35. The van der Waals surface area contributed by atoms with Gasteiger partial charge < -0.3 is 10.5 Å². The minimum atomic E-state index is 0.417. The Morgan fingerprint density at radius 2 is 1.97 bits per heavy atom. The van der Waals surface area contributed by atoms with Crippen molar-refractivity contribution in [3.63, 3.8) is 0 Å². The van der Waals surface area contributed by atoms with Crippen LogP contribution in [-0.2, 0) is 4.74 Å². The number of ether oxygens (including phenoxy) is 1. The van der Waals surface area contributed by atoms with E-state index in [4.69, 9.17) is 15.6 Å². The number of aromatic nitrogens is 3. The topological polar surface area (TPSA) is 69.2 Å². The van der Waals surface area contributed by atoms with Crippen molar-refractivity contribution in [1.29, 1.82) is 0 Å². The Morgan fingerprint density at radius 3 is 2.59 bits per heavy atom. The van der Waals surface area contributed by atoms with Crippen molar-refractivity contribution in [1.82, 2.24) is 19.7 Å². The fourth-order valence-corrected chi connectivity index (χ4v) is 5.41. The molecule has 6 heteroatoms. The third-order valence-electron chi connectivity index (χ3n) is 7.74. The van der Waals surface area contributed by atoms with E-state index in [1.165, 1.54) is 37.2 Å². The van der Waals surface area contributed by atoms with Gasteiger partial charge in [0.2, 0.25) is 0 Å². The first-order valence-corrected chi connectivity index (χ1v) is 11.3. The van der Waals surface area contributed by atoms with Gasteiger partial charge in [-0.25, -0.2) is 4.98 Å². The molecule has 4 fully saturated rings. The van der Waals surface area contributed by atoms with Crippen LogP contribution in [0.5, 0.6) is 0 Å². The summed E-state index contributed by atoms with van der Waals surface area (Å²) in [6, 6.07) is 5.66. The van der Waals surface area contributed by atoms with Crippen molar-refractivity contribution in [2.75, 3.05) is 32.0 Å². The van der Waals surface area contributed by atoms with Gasteiger partial charge in [0.15, 0.2) is 0 Å². The van der Waals surface area contributed by atoms with Crippen LogP contribution in [0, 0.1) is 11.8 Å². The van der Waals surface area contributed by atoms with Crippen molar-refractivity contribution in [3.8, 4) is 11.3 Å². The second kappa shape index (κ2) is 6.54. The highest BCUT2D eigenvalue weighted by Gasteiger charge is 2.58. The number of nitrogens with two attached hydrogens (primary N) is 1. The molecule has 4 atom stereocenters. The van der Waals surface area contributed by atoms with Crippen molar-refractivity contribution in [3.05, 3.63) is 29.6 Å². The van der Waals surface area contributed by atoms with Crippen LogP contribution in [0.2, 0.25) is 0 Å². The van der Waals surface area contributed by atoms with Crippen molar-refractivity contribution < 1.29 is 4.74 Å². The van der Waals surface area contributed by atoms with Gasteiger partial charge in [-0.2, -0.15) is 5.10 Å². The van der Waals surface area contributed by atoms with E-state index in [1.807, 2.05) is 6.20 Å². The summed E-state index contributed by atoms with van der Waals surface area (Å²) in [6.45, 7) is 8.82. The third-order valence-corrected chi connectivity index (χ3v) is 7.74. The predicted molar refractivity (Wildman–Crippen MR) is 113 cm³/mol. The molecule has 2 aliphatic heterocycles. The van der Waals surface area contributed by atoms with Crippen LogP contribution in [-0.4, -0.2) is 52.0 Å². The van der Waals surface area contributed by atoms with E-state index in [9.17, 15) is 0 Å². The van der Waals surface area contributed by atoms with Crippen molar-refractivity contribution >= 4 is 5.82 Å². The first-order valence-electron chi connectivity index (χ1n) is 11.3. The molecular weight excluding hydrogens is 362 g/mol. The summed E-state index contributed by atoms with van der Waals surface area (Å²) >= 11 is 0. The highest BCUT2D eigenvalue weighted by Crippen LogP contribution is 2.59. The van der Waals surface area contributed by atoms with E-state index in [0.29, 0.717) is 29.7 Å². The SMILES string of the molecule is CCC(C)n1nc(-c2cnc(N)c(C3CC3)c2)cc1[C@H]1[C@@H]2CN(C3COC3)C[C@@H]21. The molecule has 0 radical (unpaired) electrons. The first-order chi connectivity index (χ1) is 14.1. The molecule has 2 aliphatic carbocycles. The number of pyridine rings is 1. The smallest absolute Gasteiger partial charge is 0.126 e. The molecule has 4 heterocycles. The van der Waals surface area contributed by atoms with E-state index in [1.54, 1.807) is 0 Å². The number of hydrogen-bond donors (Lipinski definition) is 1. The van der Waals surface area contributed by atoms with Crippen LogP contribution in [0.25, 0.3) is 11.3 Å². The largest absolute Gasteiger partial charge is 0.383 e. The lowest BCUT2D eigenvalue weighted by Crippen LogP contribution is -2.48. The van der Waals surface area contributed by atoms with Crippen LogP contribution in [0.15, 0.2) is 18.3 Å². The Hall–Kier alpha value is -1.92. The zero-order chi connectivity index (χ0) is 19.7. The molecule has 0 spiro atoms. The van der Waals surface area contributed by atoms with Crippen LogP contribution in [0.3, 0.4) is 0 Å². The standard InChI is InChI=1S/C23H31N5O/c1-3-13(2)28-21(22-18-9-27(10-19(18)22)16-11-29-12-16)7-20(26-28)15-6-17(14-4-5-14)23(24)25-8-15/h6-8,13-14,16,18-19,22H,3-5,9-12H2,1-2H3,(H2,24,25)/t13?,18-,19+,22+. The summed E-state index contributed by atoms with van der Waals surface area (Å²) in [4.78, 5) is 7.14. The molecule has 29 heavy (non-hydrogen) atoms.